The Morgan fingerprint density at radius 1 is 1.38 bits per heavy atom. The molecule has 0 radical (unpaired) electrons. The molecule has 0 unspecified atom stereocenters. The first-order valence-corrected chi connectivity index (χ1v) is 5.46. The highest BCUT2D eigenvalue weighted by Gasteiger charge is 2.07. The van der Waals surface area contributed by atoms with Crippen LogP contribution in [0.15, 0.2) is 22.7 Å². The molecule has 0 fully saturated rings. The average molecular weight is 284 g/mol. The number of ether oxygens (including phenoxy) is 1. The second-order valence-electron chi connectivity index (χ2n) is 3.12. The summed E-state index contributed by atoms with van der Waals surface area (Å²) in [5.74, 6) is 0.542. The number of nitrogens with zero attached hydrogens (tertiary/aromatic N) is 2. The number of fused-ring (bicyclic) bond motifs is 1. The molecule has 5 nitrogen and oxygen atoms in total. The van der Waals surface area contributed by atoms with E-state index >= 15 is 0 Å². The molecule has 6 heteroatoms. The Morgan fingerprint density at radius 2 is 2.19 bits per heavy atom. The fraction of sp³-hybridized carbons (Fsp3) is 0.200. The Labute approximate surface area is 100 Å². The topological polar surface area (TPSA) is 81.3 Å². The van der Waals surface area contributed by atoms with Gasteiger partial charge in [0.1, 0.15) is 6.61 Å². The van der Waals surface area contributed by atoms with Crippen molar-refractivity contribution in [3.63, 3.8) is 0 Å². The van der Waals surface area contributed by atoms with E-state index in [1.54, 1.807) is 0 Å². The van der Waals surface area contributed by atoms with Gasteiger partial charge in [0.25, 0.3) is 0 Å². The summed E-state index contributed by atoms with van der Waals surface area (Å²) in [7, 11) is 0. The van der Waals surface area contributed by atoms with Gasteiger partial charge in [-0.1, -0.05) is 15.9 Å². The van der Waals surface area contributed by atoms with E-state index in [1.165, 1.54) is 0 Å². The third kappa shape index (κ3) is 2.23. The average Bonchev–Trinajstić information content (AvgIpc) is 2.26. The molecule has 2 aromatic rings. The lowest BCUT2D eigenvalue weighted by atomic mass is 10.2. The summed E-state index contributed by atoms with van der Waals surface area (Å²) < 4.78 is 6.21. The zero-order chi connectivity index (χ0) is 11.5. The standard InChI is InChI=1S/C10H10BrN3O2/c11-6-1-2-8-7(5-6)9(16-4-3-15)14-10(12)13-8/h1-2,5,15H,3-4H2,(H2,12,13,14). The van der Waals surface area contributed by atoms with E-state index in [0.717, 1.165) is 9.86 Å². The lowest BCUT2D eigenvalue weighted by Crippen LogP contribution is -2.06. The number of rotatable bonds is 3. The van der Waals surface area contributed by atoms with E-state index in [1.807, 2.05) is 18.2 Å². The van der Waals surface area contributed by atoms with Crippen LogP contribution in [0.3, 0.4) is 0 Å². The van der Waals surface area contributed by atoms with Gasteiger partial charge in [-0.3, -0.25) is 0 Å². The van der Waals surface area contributed by atoms with Crippen LogP contribution in [0.4, 0.5) is 5.95 Å². The number of benzene rings is 1. The number of aromatic nitrogens is 2. The van der Waals surface area contributed by atoms with Gasteiger partial charge in [0.05, 0.1) is 17.5 Å². The number of hydrogen-bond acceptors (Lipinski definition) is 5. The van der Waals surface area contributed by atoms with Crippen molar-refractivity contribution in [2.75, 3.05) is 18.9 Å². The van der Waals surface area contributed by atoms with E-state index in [0.29, 0.717) is 11.4 Å². The van der Waals surface area contributed by atoms with Crippen LogP contribution in [-0.4, -0.2) is 28.3 Å². The molecular weight excluding hydrogens is 274 g/mol. The molecule has 84 valence electrons. The van der Waals surface area contributed by atoms with Crippen LogP contribution in [0.1, 0.15) is 0 Å². The molecule has 16 heavy (non-hydrogen) atoms. The van der Waals surface area contributed by atoms with Crippen molar-refractivity contribution >= 4 is 32.8 Å². The van der Waals surface area contributed by atoms with E-state index < -0.39 is 0 Å². The summed E-state index contributed by atoms with van der Waals surface area (Å²) in [6, 6.07) is 5.54. The Balaban J connectivity index is 2.55. The van der Waals surface area contributed by atoms with Gasteiger partial charge in [0.15, 0.2) is 0 Å². The maximum Gasteiger partial charge on any atom is 0.226 e. The molecule has 0 saturated carbocycles. The van der Waals surface area contributed by atoms with Crippen LogP contribution < -0.4 is 10.5 Å². The quantitative estimate of drug-likeness (QED) is 0.889. The first-order chi connectivity index (χ1) is 7.70. The van der Waals surface area contributed by atoms with Crippen molar-refractivity contribution in [3.8, 4) is 5.88 Å². The van der Waals surface area contributed by atoms with Crippen LogP contribution >= 0.6 is 15.9 Å². The third-order valence-electron chi connectivity index (χ3n) is 1.97. The van der Waals surface area contributed by atoms with Crippen LogP contribution in [-0.2, 0) is 0 Å². The molecule has 1 heterocycles. The second-order valence-corrected chi connectivity index (χ2v) is 4.04. The molecule has 2 rings (SSSR count). The molecule has 0 aliphatic carbocycles. The molecule has 1 aromatic heterocycles. The van der Waals surface area contributed by atoms with E-state index in [4.69, 9.17) is 15.6 Å². The molecule has 0 aliphatic heterocycles. The Kier molecular flexibility index (Phi) is 3.21. The van der Waals surface area contributed by atoms with Crippen LogP contribution in [0.5, 0.6) is 5.88 Å². The van der Waals surface area contributed by atoms with Gasteiger partial charge in [-0.05, 0) is 18.2 Å². The van der Waals surface area contributed by atoms with Crippen molar-refractivity contribution in [1.29, 1.82) is 0 Å². The summed E-state index contributed by atoms with van der Waals surface area (Å²) >= 11 is 3.36. The number of nitrogens with two attached hydrogens (primary N) is 1. The lowest BCUT2D eigenvalue weighted by Gasteiger charge is -2.07. The number of anilines is 1. The van der Waals surface area contributed by atoms with Gasteiger partial charge < -0.3 is 15.6 Å². The first kappa shape index (κ1) is 11.1. The van der Waals surface area contributed by atoms with Crippen molar-refractivity contribution in [2.45, 2.75) is 0 Å². The summed E-state index contributed by atoms with van der Waals surface area (Å²) in [5, 5.41) is 9.48. The van der Waals surface area contributed by atoms with Gasteiger partial charge in [0, 0.05) is 4.47 Å². The zero-order valence-electron chi connectivity index (χ0n) is 8.35. The lowest BCUT2D eigenvalue weighted by molar-refractivity contribution is 0.198. The van der Waals surface area contributed by atoms with Crippen LogP contribution in [0.2, 0.25) is 0 Å². The van der Waals surface area contributed by atoms with Crippen molar-refractivity contribution < 1.29 is 9.84 Å². The fourth-order valence-corrected chi connectivity index (χ4v) is 1.70. The zero-order valence-corrected chi connectivity index (χ0v) is 9.94. The normalized spacial score (nSPS) is 10.6. The number of halogens is 1. The smallest absolute Gasteiger partial charge is 0.226 e. The highest BCUT2D eigenvalue weighted by Crippen LogP contribution is 2.26. The van der Waals surface area contributed by atoms with Gasteiger partial charge in [0.2, 0.25) is 11.8 Å². The minimum atomic E-state index is -0.0700. The van der Waals surface area contributed by atoms with E-state index in [2.05, 4.69) is 25.9 Å². The number of aliphatic hydroxyl groups excluding tert-OH is 1. The highest BCUT2D eigenvalue weighted by atomic mass is 79.9. The molecule has 0 saturated heterocycles. The number of hydrogen-bond donors (Lipinski definition) is 2. The first-order valence-electron chi connectivity index (χ1n) is 4.67. The molecule has 0 spiro atoms. The minimum Gasteiger partial charge on any atom is -0.475 e. The van der Waals surface area contributed by atoms with E-state index in [-0.39, 0.29) is 19.2 Å². The van der Waals surface area contributed by atoms with Gasteiger partial charge in [-0.2, -0.15) is 4.98 Å². The van der Waals surface area contributed by atoms with Gasteiger partial charge in [-0.25, -0.2) is 4.98 Å². The Bertz CT molecular complexity index is 519. The molecule has 0 bridgehead atoms. The Morgan fingerprint density at radius 3 is 2.94 bits per heavy atom. The summed E-state index contributed by atoms with van der Waals surface area (Å²) in [6.07, 6.45) is 0. The highest BCUT2D eigenvalue weighted by molar-refractivity contribution is 9.10. The molecule has 0 atom stereocenters. The largest absolute Gasteiger partial charge is 0.475 e. The molecule has 0 aliphatic rings. The van der Waals surface area contributed by atoms with Crippen LogP contribution in [0.25, 0.3) is 10.9 Å². The monoisotopic (exact) mass is 283 g/mol. The second kappa shape index (κ2) is 4.63. The predicted octanol–water partition coefficient (Wildman–Crippen LogP) is 1.35. The van der Waals surface area contributed by atoms with Crippen molar-refractivity contribution in [3.05, 3.63) is 22.7 Å². The number of aliphatic hydroxyl groups is 1. The van der Waals surface area contributed by atoms with Crippen molar-refractivity contribution in [1.82, 2.24) is 9.97 Å². The molecule has 1 aromatic carbocycles. The maximum absolute atomic E-state index is 8.71. The van der Waals surface area contributed by atoms with E-state index in [9.17, 15) is 0 Å². The van der Waals surface area contributed by atoms with Crippen molar-refractivity contribution in [2.24, 2.45) is 0 Å². The van der Waals surface area contributed by atoms with Gasteiger partial charge >= 0.3 is 0 Å². The maximum atomic E-state index is 8.71. The molecular formula is C10H10BrN3O2. The van der Waals surface area contributed by atoms with Crippen LogP contribution in [0, 0.1) is 0 Å². The number of nitrogen functional groups attached to an aromatic ring is 1. The summed E-state index contributed by atoms with van der Waals surface area (Å²) in [5.41, 5.74) is 6.27. The minimum absolute atomic E-state index is 0.0700. The summed E-state index contributed by atoms with van der Waals surface area (Å²) in [6.45, 7) is 0.109. The summed E-state index contributed by atoms with van der Waals surface area (Å²) in [4.78, 5) is 8.08. The van der Waals surface area contributed by atoms with Gasteiger partial charge in [-0.15, -0.1) is 0 Å². The third-order valence-corrected chi connectivity index (χ3v) is 2.46. The predicted molar refractivity (Wildman–Crippen MR) is 64.2 cm³/mol. The Hall–Kier alpha value is -1.40. The molecule has 3 N–H and O–H groups in total. The molecule has 0 amide bonds. The SMILES string of the molecule is Nc1nc(OCCO)c2cc(Br)ccc2n1. The fourth-order valence-electron chi connectivity index (χ4n) is 1.34.